The molecule has 2 fully saturated rings. The largest absolute Gasteiger partial charge is 0.481 e. The highest BCUT2D eigenvalue weighted by Crippen LogP contribution is 2.29. The summed E-state index contributed by atoms with van der Waals surface area (Å²) >= 11 is 0. The lowest BCUT2D eigenvalue weighted by molar-refractivity contribution is -0.145. The summed E-state index contributed by atoms with van der Waals surface area (Å²) in [7, 11) is 0. The molecule has 2 rings (SSSR count). The Kier molecular flexibility index (Phi) is 4.58. The fraction of sp³-hybridized carbons (Fsp3) is 0.846. The molecular formula is C13H22N2O3. The van der Waals surface area contributed by atoms with Gasteiger partial charge in [0.2, 0.25) is 5.91 Å². The molecule has 1 aliphatic carbocycles. The molecule has 5 heteroatoms. The molecule has 0 spiro atoms. The normalized spacial score (nSPS) is 32.1. The number of nitrogens with one attached hydrogen (secondary N) is 2. The minimum atomic E-state index is -0.715. The van der Waals surface area contributed by atoms with E-state index in [0.717, 1.165) is 45.1 Å². The molecule has 2 aliphatic rings. The summed E-state index contributed by atoms with van der Waals surface area (Å²) in [6, 6.07) is -0.0723. The van der Waals surface area contributed by atoms with Gasteiger partial charge < -0.3 is 15.7 Å². The van der Waals surface area contributed by atoms with Crippen molar-refractivity contribution in [1.29, 1.82) is 0 Å². The Labute approximate surface area is 107 Å². The molecule has 1 aliphatic heterocycles. The molecular weight excluding hydrogens is 232 g/mol. The van der Waals surface area contributed by atoms with Crippen molar-refractivity contribution >= 4 is 11.9 Å². The van der Waals surface area contributed by atoms with Crippen LogP contribution in [0.4, 0.5) is 0 Å². The van der Waals surface area contributed by atoms with Gasteiger partial charge in [0.15, 0.2) is 0 Å². The second-order valence-electron chi connectivity index (χ2n) is 5.38. The highest BCUT2D eigenvalue weighted by Gasteiger charge is 2.31. The second kappa shape index (κ2) is 6.18. The second-order valence-corrected chi connectivity index (χ2v) is 5.38. The average Bonchev–Trinajstić information content (AvgIpc) is 2.90. The van der Waals surface area contributed by atoms with Crippen LogP contribution < -0.4 is 10.6 Å². The summed E-state index contributed by atoms with van der Waals surface area (Å²) in [5, 5.41) is 15.2. The van der Waals surface area contributed by atoms with E-state index in [4.69, 9.17) is 5.11 Å². The van der Waals surface area contributed by atoms with Crippen LogP contribution >= 0.6 is 0 Å². The molecule has 2 unspecified atom stereocenters. The van der Waals surface area contributed by atoms with Gasteiger partial charge in [-0.3, -0.25) is 9.59 Å². The van der Waals surface area contributed by atoms with Crippen molar-refractivity contribution in [2.24, 2.45) is 11.8 Å². The molecule has 5 nitrogen and oxygen atoms in total. The summed E-state index contributed by atoms with van der Waals surface area (Å²) in [4.78, 5) is 23.0. The van der Waals surface area contributed by atoms with E-state index in [0.29, 0.717) is 6.54 Å². The van der Waals surface area contributed by atoms with Crippen LogP contribution in [0.3, 0.4) is 0 Å². The molecule has 0 aromatic rings. The molecule has 1 heterocycles. The Morgan fingerprint density at radius 3 is 2.61 bits per heavy atom. The maximum absolute atomic E-state index is 11.8. The zero-order chi connectivity index (χ0) is 13.0. The van der Waals surface area contributed by atoms with E-state index in [9.17, 15) is 9.59 Å². The minimum Gasteiger partial charge on any atom is -0.481 e. The maximum Gasteiger partial charge on any atom is 0.306 e. The first-order valence-electron chi connectivity index (χ1n) is 6.92. The van der Waals surface area contributed by atoms with Gasteiger partial charge in [-0.15, -0.1) is 0 Å². The highest BCUT2D eigenvalue weighted by molar-refractivity contribution is 5.82. The quantitative estimate of drug-likeness (QED) is 0.691. The molecule has 3 N–H and O–H groups in total. The number of aliphatic carboxylic acids is 1. The van der Waals surface area contributed by atoms with Gasteiger partial charge in [-0.25, -0.2) is 0 Å². The molecule has 1 amide bonds. The van der Waals surface area contributed by atoms with Gasteiger partial charge in [0, 0.05) is 6.54 Å². The van der Waals surface area contributed by atoms with Crippen LogP contribution in [0.15, 0.2) is 0 Å². The van der Waals surface area contributed by atoms with Gasteiger partial charge in [-0.05, 0) is 38.1 Å². The van der Waals surface area contributed by atoms with Crippen molar-refractivity contribution in [3.8, 4) is 0 Å². The molecule has 1 saturated heterocycles. The fourth-order valence-electron chi connectivity index (χ4n) is 3.04. The lowest BCUT2D eigenvalue weighted by Crippen LogP contribution is -2.44. The van der Waals surface area contributed by atoms with Crippen LogP contribution in [0.5, 0.6) is 0 Å². The van der Waals surface area contributed by atoms with Gasteiger partial charge in [0.05, 0.1) is 12.0 Å². The molecule has 0 bridgehead atoms. The van der Waals surface area contributed by atoms with Gasteiger partial charge in [0.25, 0.3) is 0 Å². The number of carboxylic acids is 1. The van der Waals surface area contributed by atoms with E-state index in [1.165, 1.54) is 0 Å². The third kappa shape index (κ3) is 3.22. The molecule has 102 valence electrons. The van der Waals surface area contributed by atoms with Crippen molar-refractivity contribution in [2.75, 3.05) is 13.1 Å². The topological polar surface area (TPSA) is 78.4 Å². The Bertz CT molecular complexity index is 313. The summed E-state index contributed by atoms with van der Waals surface area (Å²) in [5.74, 6) is -0.868. The Hall–Kier alpha value is -1.10. The summed E-state index contributed by atoms with van der Waals surface area (Å²) in [5.41, 5.74) is 0. The predicted molar refractivity (Wildman–Crippen MR) is 67.1 cm³/mol. The third-order valence-electron chi connectivity index (χ3n) is 4.14. The first-order chi connectivity index (χ1) is 8.68. The van der Waals surface area contributed by atoms with Crippen LogP contribution in [0.25, 0.3) is 0 Å². The molecule has 3 atom stereocenters. The van der Waals surface area contributed by atoms with Crippen molar-refractivity contribution < 1.29 is 14.7 Å². The van der Waals surface area contributed by atoms with Crippen LogP contribution in [0.2, 0.25) is 0 Å². The minimum absolute atomic E-state index is 0.0298. The Morgan fingerprint density at radius 2 is 1.94 bits per heavy atom. The van der Waals surface area contributed by atoms with Crippen LogP contribution in [0, 0.1) is 11.8 Å². The van der Waals surface area contributed by atoms with Gasteiger partial charge in [0.1, 0.15) is 0 Å². The summed E-state index contributed by atoms with van der Waals surface area (Å²) in [6.45, 7) is 1.41. The van der Waals surface area contributed by atoms with Crippen molar-refractivity contribution in [1.82, 2.24) is 10.6 Å². The van der Waals surface area contributed by atoms with Gasteiger partial charge >= 0.3 is 5.97 Å². The number of carbonyl (C=O) groups is 2. The summed E-state index contributed by atoms with van der Waals surface area (Å²) < 4.78 is 0. The average molecular weight is 254 g/mol. The van der Waals surface area contributed by atoms with Crippen LogP contribution in [-0.4, -0.2) is 36.1 Å². The van der Waals surface area contributed by atoms with E-state index in [1.54, 1.807) is 0 Å². The van der Waals surface area contributed by atoms with E-state index in [-0.39, 0.29) is 23.8 Å². The standard InChI is InChI=1S/C13H22N2O3/c16-12(11-6-3-7-14-11)15-8-9-4-1-2-5-10(9)13(17)18/h9-11,14H,1-8H2,(H,15,16)(H,17,18)/t9?,10?,11-/m1/s1. The SMILES string of the molecule is O=C(O)C1CCCCC1CNC(=O)[C@H]1CCCN1. The molecule has 1 saturated carbocycles. The first-order valence-corrected chi connectivity index (χ1v) is 6.92. The molecule has 0 aromatic carbocycles. The van der Waals surface area contributed by atoms with E-state index in [1.807, 2.05) is 0 Å². The predicted octanol–water partition coefficient (Wildman–Crippen LogP) is 0.746. The Balaban J connectivity index is 1.80. The Morgan fingerprint density at radius 1 is 1.17 bits per heavy atom. The first kappa shape index (κ1) is 13.3. The summed E-state index contributed by atoms with van der Waals surface area (Å²) in [6.07, 6.45) is 5.66. The third-order valence-corrected chi connectivity index (χ3v) is 4.14. The fourth-order valence-corrected chi connectivity index (χ4v) is 3.04. The number of carbonyl (C=O) groups excluding carboxylic acids is 1. The lowest BCUT2D eigenvalue weighted by Gasteiger charge is -2.29. The van der Waals surface area contributed by atoms with Crippen LogP contribution in [0.1, 0.15) is 38.5 Å². The smallest absolute Gasteiger partial charge is 0.306 e. The number of hydrogen-bond acceptors (Lipinski definition) is 3. The van der Waals surface area contributed by atoms with Gasteiger partial charge in [-0.1, -0.05) is 12.8 Å². The van der Waals surface area contributed by atoms with Crippen molar-refractivity contribution in [2.45, 2.75) is 44.6 Å². The highest BCUT2D eigenvalue weighted by atomic mass is 16.4. The van der Waals surface area contributed by atoms with Crippen LogP contribution in [-0.2, 0) is 9.59 Å². The molecule has 0 aromatic heterocycles. The zero-order valence-corrected chi connectivity index (χ0v) is 10.7. The maximum atomic E-state index is 11.8. The van der Waals surface area contributed by atoms with Gasteiger partial charge in [-0.2, -0.15) is 0 Å². The molecule has 18 heavy (non-hydrogen) atoms. The van der Waals surface area contributed by atoms with E-state index >= 15 is 0 Å². The van der Waals surface area contributed by atoms with E-state index in [2.05, 4.69) is 10.6 Å². The number of rotatable bonds is 4. The lowest BCUT2D eigenvalue weighted by atomic mass is 9.79. The number of amides is 1. The number of hydrogen-bond donors (Lipinski definition) is 3. The monoisotopic (exact) mass is 254 g/mol. The van der Waals surface area contributed by atoms with Crippen molar-refractivity contribution in [3.05, 3.63) is 0 Å². The number of carboxylic acid groups (broad SMARTS) is 1. The zero-order valence-electron chi connectivity index (χ0n) is 10.7. The molecule has 0 radical (unpaired) electrons. The van der Waals surface area contributed by atoms with Crippen molar-refractivity contribution in [3.63, 3.8) is 0 Å². The van der Waals surface area contributed by atoms with E-state index < -0.39 is 5.97 Å².